The molecule has 4 aromatic rings. The van der Waals surface area contributed by atoms with Crippen LogP contribution in [0.3, 0.4) is 0 Å². The molecule has 0 spiro atoms. The van der Waals surface area contributed by atoms with E-state index >= 15 is 0 Å². The smallest absolute Gasteiger partial charge is 0.253 e. The molecule has 0 bridgehead atoms. The average Bonchev–Trinajstić information content (AvgIpc) is 3.36. The lowest BCUT2D eigenvalue weighted by Crippen LogP contribution is -2.25. The number of aromatic nitrogens is 4. The van der Waals surface area contributed by atoms with E-state index in [-0.39, 0.29) is 24.8 Å². The van der Waals surface area contributed by atoms with Crippen molar-refractivity contribution in [1.29, 1.82) is 0 Å². The third kappa shape index (κ3) is 4.19. The Hall–Kier alpha value is -4.01. The Morgan fingerprint density at radius 1 is 1.10 bits per heavy atom. The van der Waals surface area contributed by atoms with E-state index in [1.165, 1.54) is 0 Å². The molecule has 152 valence electrons. The lowest BCUT2D eigenvalue weighted by atomic mass is 10.1. The first-order valence-corrected chi connectivity index (χ1v) is 9.39. The number of benzene rings is 1. The highest BCUT2D eigenvalue weighted by Crippen LogP contribution is 2.16. The molecule has 3 aromatic heterocycles. The van der Waals surface area contributed by atoms with Crippen molar-refractivity contribution in [3.05, 3.63) is 77.3 Å². The number of nitrogens with zero attached hydrogens (tertiary/aromatic N) is 4. The zero-order valence-corrected chi connectivity index (χ0v) is 16.5. The topological polar surface area (TPSA) is 114 Å². The monoisotopic (exact) mass is 404 g/mol. The van der Waals surface area contributed by atoms with Gasteiger partial charge in [0.05, 0.1) is 30.5 Å². The summed E-state index contributed by atoms with van der Waals surface area (Å²) in [4.78, 5) is 33.8. The molecule has 0 saturated heterocycles. The number of amides is 2. The maximum Gasteiger partial charge on any atom is 0.253 e. The summed E-state index contributed by atoms with van der Waals surface area (Å²) in [6.45, 7) is 4.03. The first-order chi connectivity index (χ1) is 14.5. The van der Waals surface area contributed by atoms with Crippen molar-refractivity contribution in [2.75, 3.05) is 5.32 Å². The predicted octanol–water partition coefficient (Wildman–Crippen LogP) is 2.45. The summed E-state index contributed by atoms with van der Waals surface area (Å²) in [5.74, 6) is 0.804. The minimum absolute atomic E-state index is 0.0375. The standard InChI is InChI=1S/C21H20N6O3/c1-13-10-14(2)27-21(23-13)25-18(26-27)11-19(28)24-17-8-4-3-7-16(17)20(29)22-12-15-6-5-9-30-15/h3-10H,11-12H2,1-2H3,(H,22,29)(H,24,28). The second-order valence-corrected chi connectivity index (χ2v) is 6.81. The minimum Gasteiger partial charge on any atom is -0.467 e. The molecule has 0 radical (unpaired) electrons. The SMILES string of the molecule is Cc1cc(C)n2nc(CC(=O)Nc3ccccc3C(=O)NCc3ccco3)nc2n1. The molecule has 0 fully saturated rings. The van der Waals surface area contributed by atoms with E-state index < -0.39 is 0 Å². The maximum absolute atomic E-state index is 12.6. The second kappa shape index (κ2) is 8.16. The quantitative estimate of drug-likeness (QED) is 0.510. The zero-order valence-electron chi connectivity index (χ0n) is 16.5. The fraction of sp³-hybridized carbons (Fsp3) is 0.190. The summed E-state index contributed by atoms with van der Waals surface area (Å²) in [6, 6.07) is 12.2. The lowest BCUT2D eigenvalue weighted by molar-refractivity contribution is -0.115. The van der Waals surface area contributed by atoms with E-state index in [9.17, 15) is 9.59 Å². The van der Waals surface area contributed by atoms with Gasteiger partial charge in [-0.15, -0.1) is 5.10 Å². The van der Waals surface area contributed by atoms with Gasteiger partial charge in [-0.25, -0.2) is 9.50 Å². The molecule has 9 heteroatoms. The number of aryl methyl sites for hydroxylation is 2. The molecule has 0 aliphatic carbocycles. The number of hydrogen-bond acceptors (Lipinski definition) is 6. The van der Waals surface area contributed by atoms with Gasteiger partial charge in [0.25, 0.3) is 11.7 Å². The maximum atomic E-state index is 12.6. The van der Waals surface area contributed by atoms with Gasteiger partial charge in [-0.1, -0.05) is 12.1 Å². The van der Waals surface area contributed by atoms with Crippen LogP contribution >= 0.6 is 0 Å². The molecule has 9 nitrogen and oxygen atoms in total. The summed E-state index contributed by atoms with van der Waals surface area (Å²) < 4.78 is 6.82. The summed E-state index contributed by atoms with van der Waals surface area (Å²) in [6.07, 6.45) is 1.51. The van der Waals surface area contributed by atoms with Crippen LogP contribution in [0.25, 0.3) is 5.78 Å². The first-order valence-electron chi connectivity index (χ1n) is 9.39. The molecule has 2 N–H and O–H groups in total. The number of carbonyl (C=O) groups excluding carboxylic acids is 2. The number of nitrogens with one attached hydrogen (secondary N) is 2. The molecular weight excluding hydrogens is 384 g/mol. The number of fused-ring (bicyclic) bond motifs is 1. The Morgan fingerprint density at radius 3 is 2.73 bits per heavy atom. The normalized spacial score (nSPS) is 10.9. The van der Waals surface area contributed by atoms with E-state index in [1.54, 1.807) is 47.2 Å². The molecule has 1 aromatic carbocycles. The van der Waals surface area contributed by atoms with Crippen LogP contribution in [-0.4, -0.2) is 31.4 Å². The van der Waals surface area contributed by atoms with Crippen molar-refractivity contribution < 1.29 is 14.0 Å². The molecule has 2 amide bonds. The number of hydrogen-bond donors (Lipinski definition) is 2. The Balaban J connectivity index is 1.46. The van der Waals surface area contributed by atoms with Gasteiger partial charge in [-0.05, 0) is 44.2 Å². The van der Waals surface area contributed by atoms with Crippen molar-refractivity contribution in [3.63, 3.8) is 0 Å². The van der Waals surface area contributed by atoms with Gasteiger partial charge in [0.1, 0.15) is 5.76 Å². The first kappa shape index (κ1) is 19.3. The fourth-order valence-electron chi connectivity index (χ4n) is 3.09. The van der Waals surface area contributed by atoms with Crippen molar-refractivity contribution in [1.82, 2.24) is 24.9 Å². The Bertz CT molecular complexity index is 1210. The van der Waals surface area contributed by atoms with Crippen LogP contribution in [0.4, 0.5) is 5.69 Å². The Kier molecular flexibility index (Phi) is 5.25. The number of anilines is 1. The van der Waals surface area contributed by atoms with Crippen LogP contribution in [0.5, 0.6) is 0 Å². The van der Waals surface area contributed by atoms with E-state index in [1.807, 2.05) is 19.9 Å². The number of rotatable bonds is 6. The van der Waals surface area contributed by atoms with Gasteiger partial charge in [-0.3, -0.25) is 9.59 Å². The molecule has 4 rings (SSSR count). The summed E-state index contributed by atoms with van der Waals surface area (Å²) in [5, 5.41) is 9.89. The largest absolute Gasteiger partial charge is 0.467 e. The third-order valence-electron chi connectivity index (χ3n) is 4.43. The zero-order chi connectivity index (χ0) is 21.1. The highest BCUT2D eigenvalue weighted by Gasteiger charge is 2.16. The Labute approximate surface area is 172 Å². The second-order valence-electron chi connectivity index (χ2n) is 6.81. The lowest BCUT2D eigenvalue weighted by Gasteiger charge is -2.10. The van der Waals surface area contributed by atoms with E-state index in [2.05, 4.69) is 25.7 Å². The van der Waals surface area contributed by atoms with Crippen molar-refractivity contribution >= 4 is 23.3 Å². The van der Waals surface area contributed by atoms with Gasteiger partial charge >= 0.3 is 0 Å². The summed E-state index contributed by atoms with van der Waals surface area (Å²) >= 11 is 0. The summed E-state index contributed by atoms with van der Waals surface area (Å²) in [5.41, 5.74) is 2.48. The van der Waals surface area contributed by atoms with Gasteiger partial charge in [0, 0.05) is 11.4 Å². The number of para-hydroxylation sites is 1. The van der Waals surface area contributed by atoms with E-state index in [0.717, 1.165) is 11.4 Å². The van der Waals surface area contributed by atoms with E-state index in [4.69, 9.17) is 4.42 Å². The molecular formula is C21H20N6O3. The van der Waals surface area contributed by atoms with E-state index in [0.29, 0.717) is 28.6 Å². The molecule has 0 atom stereocenters. The van der Waals surface area contributed by atoms with Crippen LogP contribution in [0, 0.1) is 13.8 Å². The van der Waals surface area contributed by atoms with Gasteiger partial charge < -0.3 is 15.1 Å². The van der Waals surface area contributed by atoms with Crippen LogP contribution in [0.15, 0.2) is 53.1 Å². The number of furan rings is 1. The van der Waals surface area contributed by atoms with Gasteiger partial charge in [0.2, 0.25) is 5.91 Å². The molecule has 0 aliphatic heterocycles. The van der Waals surface area contributed by atoms with Crippen molar-refractivity contribution in [3.8, 4) is 0 Å². The summed E-state index contributed by atoms with van der Waals surface area (Å²) in [7, 11) is 0. The van der Waals surface area contributed by atoms with Crippen LogP contribution in [-0.2, 0) is 17.8 Å². The fourth-order valence-corrected chi connectivity index (χ4v) is 3.09. The van der Waals surface area contributed by atoms with Gasteiger partial charge in [-0.2, -0.15) is 4.98 Å². The molecule has 0 unspecified atom stereocenters. The van der Waals surface area contributed by atoms with Crippen molar-refractivity contribution in [2.24, 2.45) is 0 Å². The molecule has 0 aliphatic rings. The number of carbonyl (C=O) groups is 2. The highest BCUT2D eigenvalue weighted by atomic mass is 16.3. The van der Waals surface area contributed by atoms with Crippen LogP contribution in [0.2, 0.25) is 0 Å². The van der Waals surface area contributed by atoms with Crippen LogP contribution in [0.1, 0.15) is 33.3 Å². The molecule has 0 saturated carbocycles. The molecule has 30 heavy (non-hydrogen) atoms. The van der Waals surface area contributed by atoms with Crippen molar-refractivity contribution in [2.45, 2.75) is 26.8 Å². The van der Waals surface area contributed by atoms with Crippen LogP contribution < -0.4 is 10.6 Å². The molecule has 3 heterocycles. The van der Waals surface area contributed by atoms with Gasteiger partial charge in [0.15, 0.2) is 5.82 Å². The predicted molar refractivity (Wildman–Crippen MR) is 109 cm³/mol. The Morgan fingerprint density at radius 2 is 1.93 bits per heavy atom. The highest BCUT2D eigenvalue weighted by molar-refractivity contribution is 6.03. The third-order valence-corrected chi connectivity index (χ3v) is 4.43. The minimum atomic E-state index is -0.327. The average molecular weight is 404 g/mol.